The summed E-state index contributed by atoms with van der Waals surface area (Å²) in [7, 11) is 2.03. The summed E-state index contributed by atoms with van der Waals surface area (Å²) in [6.07, 6.45) is 0. The Hall–Kier alpha value is -1.40. The first kappa shape index (κ1) is 14.5. The van der Waals surface area contributed by atoms with Gasteiger partial charge in [0, 0.05) is 6.07 Å². The van der Waals surface area contributed by atoms with Gasteiger partial charge in [0.2, 0.25) is 11.0 Å². The molecule has 21 heavy (non-hydrogen) atoms. The molecule has 2 aromatic heterocycles. The minimum absolute atomic E-state index is 0. The molecule has 0 saturated carbocycles. The van der Waals surface area contributed by atoms with Crippen LogP contribution in [0.4, 0.5) is 4.39 Å². The van der Waals surface area contributed by atoms with E-state index in [-0.39, 0.29) is 18.2 Å². The van der Waals surface area contributed by atoms with E-state index in [0.29, 0.717) is 0 Å². The van der Waals surface area contributed by atoms with Crippen LogP contribution in [0.25, 0.3) is 32.8 Å². The van der Waals surface area contributed by atoms with Gasteiger partial charge in [-0.1, -0.05) is 12.1 Å². The molecule has 1 N–H and O–H groups in total. The number of hydrogen-bond acceptors (Lipinski definition) is 0. The number of rotatable bonds is 0. The summed E-state index contributed by atoms with van der Waals surface area (Å²) in [5.41, 5.74) is 4.22. The van der Waals surface area contributed by atoms with Crippen LogP contribution in [0.1, 0.15) is 0 Å². The molecule has 0 radical (unpaired) electrons. The molecule has 0 bridgehead atoms. The fourth-order valence-electron chi connectivity index (χ4n) is 2.86. The Morgan fingerprint density at radius 2 is 1.86 bits per heavy atom. The maximum absolute atomic E-state index is 13.6. The van der Waals surface area contributed by atoms with Crippen molar-refractivity contribution in [3.05, 3.63) is 51.9 Å². The van der Waals surface area contributed by atoms with Crippen LogP contribution in [0, 0.1) is 9.39 Å². The number of hydrogen-bond donors (Lipinski definition) is 1. The molecule has 0 spiro atoms. The number of nitrogens with zero attached hydrogens (tertiary/aromatic N) is 1. The van der Waals surface area contributed by atoms with Gasteiger partial charge in [0.15, 0.2) is 0 Å². The van der Waals surface area contributed by atoms with Crippen molar-refractivity contribution in [2.45, 2.75) is 0 Å². The number of aromatic nitrogens is 2. The Bertz CT molecular complexity index is 994. The van der Waals surface area contributed by atoms with Crippen LogP contribution >= 0.6 is 22.6 Å². The van der Waals surface area contributed by atoms with Gasteiger partial charge in [-0.15, -0.1) is 0 Å². The van der Waals surface area contributed by atoms with Crippen molar-refractivity contribution in [2.24, 2.45) is 7.05 Å². The van der Waals surface area contributed by atoms with E-state index in [1.165, 1.54) is 15.0 Å². The number of benzene rings is 2. The fraction of sp³-hybridized carbons (Fsp3) is 0.0625. The molecule has 0 atom stereocenters. The first-order chi connectivity index (χ1) is 9.66. The Labute approximate surface area is 140 Å². The molecule has 0 aliphatic carbocycles. The molecule has 2 nitrogen and oxygen atoms in total. The van der Waals surface area contributed by atoms with Crippen molar-refractivity contribution in [1.29, 1.82) is 0 Å². The number of halogens is 3. The van der Waals surface area contributed by atoms with Gasteiger partial charge < -0.3 is 17.4 Å². The van der Waals surface area contributed by atoms with Crippen LogP contribution in [-0.2, 0) is 7.05 Å². The lowest BCUT2D eigenvalue weighted by molar-refractivity contribution is -0.616. The monoisotopic (exact) mass is 412 g/mol. The second-order valence-corrected chi connectivity index (χ2v) is 6.01. The molecule has 0 aliphatic heterocycles. The summed E-state index contributed by atoms with van der Waals surface area (Å²) >= 11 is 2.36. The summed E-state index contributed by atoms with van der Waals surface area (Å²) in [6.45, 7) is 0. The van der Waals surface area contributed by atoms with Crippen LogP contribution in [0.5, 0.6) is 0 Å². The van der Waals surface area contributed by atoms with Crippen molar-refractivity contribution in [3.8, 4) is 0 Å². The van der Waals surface area contributed by atoms with E-state index in [4.69, 9.17) is 0 Å². The van der Waals surface area contributed by atoms with E-state index in [1.54, 1.807) is 12.1 Å². The predicted molar refractivity (Wildman–Crippen MR) is 87.2 cm³/mol. The Morgan fingerprint density at radius 3 is 2.67 bits per heavy atom. The standard InChI is InChI=1S/C16H10FIN2.ClH/c1-20-13-5-3-2-4-10(13)14(18)15-16(20)11-8-9(17)6-7-12(11)19-15;/h2-8H,1H3;1H. The van der Waals surface area contributed by atoms with Crippen molar-refractivity contribution in [3.63, 3.8) is 0 Å². The maximum Gasteiger partial charge on any atom is 0.239 e. The molecular formula is C16H11ClFIN2. The van der Waals surface area contributed by atoms with Gasteiger partial charge in [-0.25, -0.2) is 4.39 Å². The van der Waals surface area contributed by atoms with E-state index in [1.807, 2.05) is 19.2 Å². The summed E-state index contributed by atoms with van der Waals surface area (Å²) < 4.78 is 16.9. The lowest BCUT2D eigenvalue weighted by Gasteiger charge is -2.01. The van der Waals surface area contributed by atoms with E-state index >= 15 is 0 Å². The highest BCUT2D eigenvalue weighted by atomic mass is 127. The van der Waals surface area contributed by atoms with Crippen molar-refractivity contribution >= 4 is 55.4 Å². The normalized spacial score (nSPS) is 11.2. The predicted octanol–water partition coefficient (Wildman–Crippen LogP) is 1.05. The van der Waals surface area contributed by atoms with Gasteiger partial charge in [-0.2, -0.15) is 4.57 Å². The third kappa shape index (κ3) is 2.00. The summed E-state index contributed by atoms with van der Waals surface area (Å²) in [5, 5.41) is 2.13. The van der Waals surface area contributed by atoms with Gasteiger partial charge in [0.25, 0.3) is 0 Å². The zero-order valence-electron chi connectivity index (χ0n) is 11.1. The van der Waals surface area contributed by atoms with Crippen LogP contribution < -0.4 is 17.0 Å². The summed E-state index contributed by atoms with van der Waals surface area (Å²) in [4.78, 5) is 3.41. The van der Waals surface area contributed by atoms with E-state index in [0.717, 1.165) is 27.5 Å². The van der Waals surface area contributed by atoms with Gasteiger partial charge in [0.05, 0.1) is 19.9 Å². The van der Waals surface area contributed by atoms with Gasteiger partial charge in [0.1, 0.15) is 18.4 Å². The first-order valence-corrected chi connectivity index (χ1v) is 7.42. The largest absolute Gasteiger partial charge is 1.00 e. The highest BCUT2D eigenvalue weighted by molar-refractivity contribution is 14.1. The summed E-state index contributed by atoms with van der Waals surface area (Å²) in [5.74, 6) is -0.207. The highest BCUT2D eigenvalue weighted by Crippen LogP contribution is 2.30. The molecule has 0 fully saturated rings. The zero-order chi connectivity index (χ0) is 13.9. The molecule has 2 heterocycles. The molecule has 4 aromatic rings. The van der Waals surface area contributed by atoms with E-state index < -0.39 is 0 Å². The minimum Gasteiger partial charge on any atom is -1.00 e. The second-order valence-electron chi connectivity index (χ2n) is 4.93. The molecule has 4 rings (SSSR count). The molecule has 0 aliphatic rings. The van der Waals surface area contributed by atoms with Crippen molar-refractivity contribution in [2.75, 3.05) is 0 Å². The SMILES string of the molecule is C[n+]1c2ccccc2c(I)c2[nH]c3ccc(F)cc3c21.[Cl-]. The number of aromatic amines is 1. The molecule has 0 saturated heterocycles. The average molecular weight is 413 g/mol. The number of aryl methyl sites for hydroxylation is 1. The maximum atomic E-state index is 13.6. The van der Waals surface area contributed by atoms with Crippen LogP contribution in [-0.4, -0.2) is 4.98 Å². The average Bonchev–Trinajstić information content (AvgIpc) is 2.84. The molecule has 5 heteroatoms. The summed E-state index contributed by atoms with van der Waals surface area (Å²) in [6, 6.07) is 13.2. The molecule has 0 amide bonds. The zero-order valence-corrected chi connectivity index (χ0v) is 14.0. The number of H-pyrrole nitrogens is 1. The van der Waals surface area contributed by atoms with E-state index in [2.05, 4.69) is 44.3 Å². The minimum atomic E-state index is -0.207. The smallest absolute Gasteiger partial charge is 0.239 e. The molecular weight excluding hydrogens is 402 g/mol. The quantitative estimate of drug-likeness (QED) is 0.329. The van der Waals surface area contributed by atoms with Gasteiger partial charge in [-0.3, -0.25) is 0 Å². The highest BCUT2D eigenvalue weighted by Gasteiger charge is 2.21. The molecule has 2 aromatic carbocycles. The lowest BCUT2D eigenvalue weighted by Crippen LogP contribution is -3.00. The number of nitrogens with one attached hydrogen (secondary N) is 1. The Balaban J connectivity index is 0.00000132. The Kier molecular flexibility index (Phi) is 3.53. The van der Waals surface area contributed by atoms with Crippen molar-refractivity contribution in [1.82, 2.24) is 4.98 Å². The van der Waals surface area contributed by atoms with Crippen molar-refractivity contribution < 1.29 is 21.4 Å². The van der Waals surface area contributed by atoms with Crippen LogP contribution in [0.15, 0.2) is 42.5 Å². The first-order valence-electron chi connectivity index (χ1n) is 6.34. The molecule has 0 unspecified atom stereocenters. The third-order valence-electron chi connectivity index (χ3n) is 3.79. The molecule has 106 valence electrons. The fourth-order valence-corrected chi connectivity index (χ4v) is 3.71. The number of fused-ring (bicyclic) bond motifs is 4. The third-order valence-corrected chi connectivity index (χ3v) is 4.91. The number of para-hydroxylation sites is 1. The Morgan fingerprint density at radius 1 is 1.10 bits per heavy atom. The van der Waals surface area contributed by atoms with Crippen LogP contribution in [0.3, 0.4) is 0 Å². The lowest BCUT2D eigenvalue weighted by atomic mass is 10.1. The van der Waals surface area contributed by atoms with Crippen LogP contribution in [0.2, 0.25) is 0 Å². The second kappa shape index (κ2) is 5.10. The van der Waals surface area contributed by atoms with Gasteiger partial charge >= 0.3 is 0 Å². The van der Waals surface area contributed by atoms with E-state index in [9.17, 15) is 4.39 Å². The topological polar surface area (TPSA) is 19.7 Å². The van der Waals surface area contributed by atoms with Gasteiger partial charge in [-0.05, 0) is 46.9 Å². The number of pyridine rings is 1.